The quantitative estimate of drug-likeness (QED) is 0.789. The first kappa shape index (κ1) is 14.1. The van der Waals surface area contributed by atoms with Gasteiger partial charge in [0.1, 0.15) is 0 Å². The molecular weight excluding hydrogens is 238 g/mol. The molecule has 2 heteroatoms. The molecule has 18 heavy (non-hydrogen) atoms. The first-order valence-corrected chi connectivity index (χ1v) is 8.32. The lowest BCUT2D eigenvalue weighted by Crippen LogP contribution is -2.33. The van der Waals surface area contributed by atoms with Gasteiger partial charge in [0.05, 0.1) is 0 Å². The normalized spacial score (nSPS) is 21.9. The summed E-state index contributed by atoms with van der Waals surface area (Å²) in [5, 5.41) is 8.31. The van der Waals surface area contributed by atoms with Crippen LogP contribution in [-0.2, 0) is 0 Å². The molecule has 1 heterocycles. The lowest BCUT2D eigenvalue weighted by Gasteiger charge is -2.38. The van der Waals surface area contributed by atoms with Gasteiger partial charge in [0.2, 0.25) is 0 Å². The summed E-state index contributed by atoms with van der Waals surface area (Å²) < 4.78 is 0. The van der Waals surface area contributed by atoms with E-state index in [4.69, 9.17) is 0 Å². The molecule has 1 aromatic rings. The van der Waals surface area contributed by atoms with Crippen LogP contribution < -0.4 is 5.32 Å². The molecule has 1 nitrogen and oxygen atoms in total. The van der Waals surface area contributed by atoms with Crippen LogP contribution in [0.5, 0.6) is 0 Å². The van der Waals surface area contributed by atoms with Gasteiger partial charge in [-0.15, -0.1) is 0 Å². The van der Waals surface area contributed by atoms with Crippen molar-refractivity contribution in [1.82, 2.24) is 5.32 Å². The zero-order valence-corrected chi connectivity index (χ0v) is 12.9. The van der Waals surface area contributed by atoms with Crippen LogP contribution in [0.1, 0.15) is 64.5 Å². The molecular formula is C16H27NS. The molecule has 0 spiro atoms. The number of hydrogen-bond donors (Lipinski definition) is 1. The molecule has 1 aliphatic rings. The predicted octanol–water partition coefficient (Wildman–Crippen LogP) is 5.01. The third-order valence-electron chi connectivity index (χ3n) is 4.37. The minimum Gasteiger partial charge on any atom is -0.310 e. The lowest BCUT2D eigenvalue weighted by molar-refractivity contribution is 0.161. The largest absolute Gasteiger partial charge is 0.310 e. The Labute approximate surface area is 116 Å². The number of thiophene rings is 1. The van der Waals surface area contributed by atoms with Crippen molar-refractivity contribution in [2.24, 2.45) is 11.3 Å². The highest BCUT2D eigenvalue weighted by atomic mass is 32.1. The molecule has 0 saturated heterocycles. The molecule has 0 bridgehead atoms. The summed E-state index contributed by atoms with van der Waals surface area (Å²) in [6.45, 7) is 8.23. The van der Waals surface area contributed by atoms with Gasteiger partial charge in [0.15, 0.2) is 0 Å². The van der Waals surface area contributed by atoms with Crippen molar-refractivity contribution >= 4 is 11.3 Å². The Morgan fingerprint density at radius 1 is 1.39 bits per heavy atom. The van der Waals surface area contributed by atoms with Gasteiger partial charge in [0, 0.05) is 6.04 Å². The van der Waals surface area contributed by atoms with Crippen LogP contribution in [0.2, 0.25) is 0 Å². The third-order valence-corrected chi connectivity index (χ3v) is 5.07. The summed E-state index contributed by atoms with van der Waals surface area (Å²) >= 11 is 1.83. The van der Waals surface area contributed by atoms with E-state index in [0.29, 0.717) is 11.5 Å². The van der Waals surface area contributed by atoms with Gasteiger partial charge < -0.3 is 5.32 Å². The summed E-state index contributed by atoms with van der Waals surface area (Å²) in [7, 11) is 0. The maximum atomic E-state index is 3.78. The average molecular weight is 265 g/mol. The zero-order chi connectivity index (χ0) is 13.0. The monoisotopic (exact) mass is 265 g/mol. The standard InChI is InChI=1S/C16H27NS/c1-4-10-17-15(14-7-11-18-12-14)13-5-8-16(2,3)9-6-13/h7,11-13,15,17H,4-6,8-10H2,1-3H3. The van der Waals surface area contributed by atoms with Crippen LogP contribution in [0.3, 0.4) is 0 Å². The molecule has 1 atom stereocenters. The molecule has 1 saturated carbocycles. The summed E-state index contributed by atoms with van der Waals surface area (Å²) in [6.07, 6.45) is 6.74. The topological polar surface area (TPSA) is 12.0 Å². The van der Waals surface area contributed by atoms with Gasteiger partial charge >= 0.3 is 0 Å². The van der Waals surface area contributed by atoms with Gasteiger partial charge in [-0.25, -0.2) is 0 Å². The van der Waals surface area contributed by atoms with Crippen LogP contribution >= 0.6 is 11.3 Å². The summed E-state index contributed by atoms with van der Waals surface area (Å²) in [5.74, 6) is 0.833. The lowest BCUT2D eigenvalue weighted by atomic mass is 9.70. The molecule has 0 radical (unpaired) electrons. The van der Waals surface area contributed by atoms with Gasteiger partial charge in [-0.1, -0.05) is 20.8 Å². The highest BCUT2D eigenvalue weighted by molar-refractivity contribution is 7.07. The maximum absolute atomic E-state index is 3.78. The zero-order valence-electron chi connectivity index (χ0n) is 12.0. The highest BCUT2D eigenvalue weighted by Crippen LogP contribution is 2.42. The molecule has 2 rings (SSSR count). The van der Waals surface area contributed by atoms with Crippen LogP contribution in [-0.4, -0.2) is 6.54 Å². The maximum Gasteiger partial charge on any atom is 0.0356 e. The Kier molecular flexibility index (Phi) is 4.85. The molecule has 102 valence electrons. The van der Waals surface area contributed by atoms with Gasteiger partial charge in [0.25, 0.3) is 0 Å². The van der Waals surface area contributed by atoms with E-state index in [1.807, 2.05) is 11.3 Å². The number of hydrogen-bond acceptors (Lipinski definition) is 2. The van der Waals surface area contributed by atoms with E-state index in [1.54, 1.807) is 0 Å². The van der Waals surface area contributed by atoms with E-state index in [0.717, 1.165) is 12.5 Å². The van der Waals surface area contributed by atoms with Crippen molar-refractivity contribution in [3.05, 3.63) is 22.4 Å². The fourth-order valence-corrected chi connectivity index (χ4v) is 3.76. The van der Waals surface area contributed by atoms with Crippen LogP contribution in [0.15, 0.2) is 16.8 Å². The van der Waals surface area contributed by atoms with Crippen molar-refractivity contribution in [1.29, 1.82) is 0 Å². The fraction of sp³-hybridized carbons (Fsp3) is 0.750. The SMILES string of the molecule is CCCNC(c1ccsc1)C1CCC(C)(C)CC1. The number of nitrogens with one attached hydrogen (secondary N) is 1. The highest BCUT2D eigenvalue weighted by Gasteiger charge is 2.31. The minimum absolute atomic E-state index is 0.570. The Bertz CT molecular complexity index is 332. The molecule has 1 aromatic heterocycles. The third kappa shape index (κ3) is 3.58. The van der Waals surface area contributed by atoms with Crippen molar-refractivity contribution in [3.63, 3.8) is 0 Å². The second-order valence-electron chi connectivity index (χ2n) is 6.49. The Hall–Kier alpha value is -0.340. The van der Waals surface area contributed by atoms with Gasteiger partial charge in [-0.2, -0.15) is 11.3 Å². The molecule has 0 aromatic carbocycles. The molecule has 0 aliphatic heterocycles. The van der Waals surface area contributed by atoms with E-state index in [9.17, 15) is 0 Å². The second-order valence-corrected chi connectivity index (χ2v) is 7.27. The predicted molar refractivity (Wildman–Crippen MR) is 81.1 cm³/mol. The van der Waals surface area contributed by atoms with Crippen LogP contribution in [0, 0.1) is 11.3 Å². The summed E-state index contributed by atoms with van der Waals surface area (Å²) in [6, 6.07) is 2.89. The van der Waals surface area contributed by atoms with Crippen LogP contribution in [0.4, 0.5) is 0 Å². The van der Waals surface area contributed by atoms with Crippen molar-refractivity contribution < 1.29 is 0 Å². The second kappa shape index (κ2) is 6.21. The van der Waals surface area contributed by atoms with Gasteiger partial charge in [-0.3, -0.25) is 0 Å². The van der Waals surface area contributed by atoms with Crippen molar-refractivity contribution in [2.45, 2.75) is 58.9 Å². The van der Waals surface area contributed by atoms with E-state index in [-0.39, 0.29) is 0 Å². The Morgan fingerprint density at radius 3 is 2.67 bits per heavy atom. The van der Waals surface area contributed by atoms with E-state index in [2.05, 4.69) is 42.9 Å². The first-order chi connectivity index (χ1) is 8.62. The molecule has 1 unspecified atom stereocenters. The minimum atomic E-state index is 0.570. The summed E-state index contributed by atoms with van der Waals surface area (Å²) in [5.41, 5.74) is 2.08. The summed E-state index contributed by atoms with van der Waals surface area (Å²) in [4.78, 5) is 0. The molecule has 1 aliphatic carbocycles. The van der Waals surface area contributed by atoms with Crippen molar-refractivity contribution in [2.75, 3.05) is 6.54 Å². The Balaban J connectivity index is 2.01. The van der Waals surface area contributed by atoms with E-state index < -0.39 is 0 Å². The van der Waals surface area contributed by atoms with E-state index >= 15 is 0 Å². The average Bonchev–Trinajstić information content (AvgIpc) is 2.85. The fourth-order valence-electron chi connectivity index (χ4n) is 3.06. The van der Waals surface area contributed by atoms with Gasteiger partial charge in [-0.05, 0) is 72.4 Å². The van der Waals surface area contributed by atoms with Crippen molar-refractivity contribution in [3.8, 4) is 0 Å². The first-order valence-electron chi connectivity index (χ1n) is 7.38. The molecule has 1 fully saturated rings. The molecule has 1 N–H and O–H groups in total. The smallest absolute Gasteiger partial charge is 0.0356 e. The molecule has 0 amide bonds. The Morgan fingerprint density at radius 2 is 2.11 bits per heavy atom. The van der Waals surface area contributed by atoms with Crippen LogP contribution in [0.25, 0.3) is 0 Å². The van der Waals surface area contributed by atoms with E-state index in [1.165, 1.54) is 37.7 Å². The number of rotatable bonds is 5.